The number of nitrogens with one attached hydrogen (secondary N) is 3. The van der Waals surface area contributed by atoms with Crippen LogP contribution < -0.4 is 16.0 Å². The van der Waals surface area contributed by atoms with E-state index in [0.717, 1.165) is 43.8 Å². The lowest BCUT2D eigenvalue weighted by molar-refractivity contribution is -0.127. The van der Waals surface area contributed by atoms with Gasteiger partial charge in [0.1, 0.15) is 0 Å². The third-order valence-electron chi connectivity index (χ3n) is 4.47. The van der Waals surface area contributed by atoms with Crippen molar-refractivity contribution in [3.8, 4) is 0 Å². The number of amides is 3. The minimum Gasteiger partial charge on any atom is -0.349 e. The van der Waals surface area contributed by atoms with Gasteiger partial charge in [-0.3, -0.25) is 4.79 Å². The van der Waals surface area contributed by atoms with Crippen LogP contribution in [0.25, 0.3) is 0 Å². The van der Waals surface area contributed by atoms with E-state index in [1.165, 1.54) is 5.75 Å². The molecule has 0 bridgehead atoms. The van der Waals surface area contributed by atoms with E-state index >= 15 is 0 Å². The van der Waals surface area contributed by atoms with E-state index < -0.39 is 0 Å². The smallest absolute Gasteiger partial charge is 0.315 e. The topological polar surface area (TPSA) is 70.2 Å². The van der Waals surface area contributed by atoms with Gasteiger partial charge in [0.15, 0.2) is 0 Å². The molecular weight excluding hydrogens is 298 g/mol. The van der Waals surface area contributed by atoms with E-state index in [-0.39, 0.29) is 23.5 Å². The summed E-state index contributed by atoms with van der Waals surface area (Å²) in [7, 11) is 0. The molecule has 0 aromatic carbocycles. The van der Waals surface area contributed by atoms with Gasteiger partial charge >= 0.3 is 6.03 Å². The minimum atomic E-state index is -0.167. The van der Waals surface area contributed by atoms with Crippen LogP contribution in [-0.2, 0) is 4.79 Å². The Balaban J connectivity index is 1.63. The average Bonchev–Trinajstić information content (AvgIpc) is 2.42. The van der Waals surface area contributed by atoms with Gasteiger partial charge in [-0.25, -0.2) is 4.79 Å². The highest BCUT2D eigenvalue weighted by atomic mass is 32.2. The summed E-state index contributed by atoms with van der Waals surface area (Å²) in [5.74, 6) is 3.11. The molecule has 6 heteroatoms. The molecule has 1 saturated carbocycles. The molecule has 0 aromatic rings. The van der Waals surface area contributed by atoms with E-state index in [4.69, 9.17) is 0 Å². The molecule has 5 nitrogen and oxygen atoms in total. The molecule has 0 aromatic heterocycles. The van der Waals surface area contributed by atoms with E-state index in [0.29, 0.717) is 13.0 Å². The van der Waals surface area contributed by atoms with Gasteiger partial charge in [0.25, 0.3) is 0 Å². The summed E-state index contributed by atoms with van der Waals surface area (Å²) in [6, 6.07) is -0.0180. The first-order chi connectivity index (χ1) is 10.5. The molecule has 126 valence electrons. The Morgan fingerprint density at radius 3 is 2.86 bits per heavy atom. The second-order valence-electron chi connectivity index (χ2n) is 6.87. The Bertz CT molecular complexity index is 397. The van der Waals surface area contributed by atoms with Crippen molar-refractivity contribution in [2.24, 2.45) is 5.92 Å². The standard InChI is InChI=1S/C16H29N3O2S/c1-12(2)11-22-10-4-9-17-15(21)18-13-5-6-14(20)19-16(13)7-3-8-16/h12-13H,3-11H2,1-2H3,(H,19,20)(H2,17,18,21). The van der Waals surface area contributed by atoms with E-state index in [2.05, 4.69) is 29.8 Å². The summed E-state index contributed by atoms with van der Waals surface area (Å²) in [6.07, 6.45) is 5.36. The van der Waals surface area contributed by atoms with Gasteiger partial charge in [-0.1, -0.05) is 13.8 Å². The average molecular weight is 327 g/mol. The van der Waals surface area contributed by atoms with E-state index in [1.807, 2.05) is 11.8 Å². The number of urea groups is 1. The molecule has 1 aliphatic heterocycles. The third kappa shape index (κ3) is 4.80. The van der Waals surface area contributed by atoms with Crippen LogP contribution in [0.1, 0.15) is 52.4 Å². The van der Waals surface area contributed by atoms with Gasteiger partial charge in [0, 0.05) is 13.0 Å². The lowest BCUT2D eigenvalue weighted by Crippen LogP contribution is -2.69. The second-order valence-corrected chi connectivity index (χ2v) is 8.02. The zero-order valence-electron chi connectivity index (χ0n) is 13.7. The van der Waals surface area contributed by atoms with Gasteiger partial charge in [-0.05, 0) is 49.5 Å². The summed E-state index contributed by atoms with van der Waals surface area (Å²) < 4.78 is 0. The Morgan fingerprint density at radius 1 is 1.45 bits per heavy atom. The second kappa shape index (κ2) is 8.09. The van der Waals surface area contributed by atoms with Gasteiger partial charge in [0.2, 0.25) is 5.91 Å². The third-order valence-corrected chi connectivity index (χ3v) is 5.95. The quantitative estimate of drug-likeness (QED) is 0.628. The van der Waals surface area contributed by atoms with Crippen LogP contribution in [0.5, 0.6) is 0 Å². The number of carbonyl (C=O) groups excluding carboxylic acids is 2. The Labute approximate surface area is 137 Å². The van der Waals surface area contributed by atoms with Crippen LogP contribution in [0.15, 0.2) is 0 Å². The molecule has 1 saturated heterocycles. The maximum atomic E-state index is 12.0. The van der Waals surface area contributed by atoms with Crippen molar-refractivity contribution in [2.45, 2.75) is 64.0 Å². The molecule has 2 rings (SSSR count). The van der Waals surface area contributed by atoms with Crippen molar-refractivity contribution in [2.75, 3.05) is 18.1 Å². The number of piperidine rings is 1. The zero-order chi connectivity index (χ0) is 16.0. The molecule has 1 heterocycles. The first-order valence-electron chi connectivity index (χ1n) is 8.45. The predicted molar refractivity (Wildman–Crippen MR) is 91.1 cm³/mol. The van der Waals surface area contributed by atoms with Gasteiger partial charge in [0.05, 0.1) is 11.6 Å². The van der Waals surface area contributed by atoms with Crippen molar-refractivity contribution < 1.29 is 9.59 Å². The highest BCUT2D eigenvalue weighted by Gasteiger charge is 2.48. The number of carbonyl (C=O) groups is 2. The normalized spacial score (nSPS) is 23.0. The van der Waals surface area contributed by atoms with Crippen LogP contribution in [0, 0.1) is 5.92 Å². The van der Waals surface area contributed by atoms with Crippen molar-refractivity contribution in [1.82, 2.24) is 16.0 Å². The largest absolute Gasteiger partial charge is 0.349 e. The summed E-state index contributed by atoms with van der Waals surface area (Å²) in [6.45, 7) is 5.15. The number of hydrogen-bond acceptors (Lipinski definition) is 3. The Hall–Kier alpha value is -0.910. The fourth-order valence-electron chi connectivity index (χ4n) is 3.12. The van der Waals surface area contributed by atoms with E-state index in [9.17, 15) is 9.59 Å². The fraction of sp³-hybridized carbons (Fsp3) is 0.875. The summed E-state index contributed by atoms with van der Waals surface area (Å²) in [5.41, 5.74) is -0.167. The molecule has 1 atom stereocenters. The molecular formula is C16H29N3O2S. The fourth-order valence-corrected chi connectivity index (χ4v) is 4.11. The molecule has 2 aliphatic rings. The first-order valence-corrected chi connectivity index (χ1v) is 9.60. The lowest BCUT2D eigenvalue weighted by Gasteiger charge is -2.50. The number of rotatable bonds is 7. The molecule has 1 unspecified atom stereocenters. The van der Waals surface area contributed by atoms with Crippen molar-refractivity contribution in [1.29, 1.82) is 0 Å². The summed E-state index contributed by atoms with van der Waals surface area (Å²) in [4.78, 5) is 23.6. The zero-order valence-corrected chi connectivity index (χ0v) is 14.6. The molecule has 3 N–H and O–H groups in total. The van der Waals surface area contributed by atoms with Gasteiger partial charge < -0.3 is 16.0 Å². The van der Waals surface area contributed by atoms with Crippen LogP contribution >= 0.6 is 11.8 Å². The van der Waals surface area contributed by atoms with Crippen molar-refractivity contribution in [3.63, 3.8) is 0 Å². The van der Waals surface area contributed by atoms with Crippen LogP contribution in [0.2, 0.25) is 0 Å². The molecule has 3 amide bonds. The van der Waals surface area contributed by atoms with Gasteiger partial charge in [-0.15, -0.1) is 0 Å². The van der Waals surface area contributed by atoms with Gasteiger partial charge in [-0.2, -0.15) is 11.8 Å². The number of thioether (sulfide) groups is 1. The first kappa shape index (κ1) is 17.4. The minimum absolute atomic E-state index is 0.0780. The van der Waals surface area contributed by atoms with Crippen LogP contribution in [-0.4, -0.2) is 41.6 Å². The van der Waals surface area contributed by atoms with Crippen LogP contribution in [0.3, 0.4) is 0 Å². The molecule has 1 aliphatic carbocycles. The van der Waals surface area contributed by atoms with Crippen molar-refractivity contribution in [3.05, 3.63) is 0 Å². The Kier molecular flexibility index (Phi) is 6.41. The monoisotopic (exact) mass is 327 g/mol. The maximum Gasteiger partial charge on any atom is 0.315 e. The summed E-state index contributed by atoms with van der Waals surface area (Å²) in [5, 5.41) is 9.10. The van der Waals surface area contributed by atoms with Crippen LogP contribution in [0.4, 0.5) is 4.79 Å². The molecule has 2 fully saturated rings. The number of hydrogen-bond donors (Lipinski definition) is 3. The predicted octanol–water partition coefficient (Wildman–Crippen LogP) is 2.27. The van der Waals surface area contributed by atoms with E-state index in [1.54, 1.807) is 0 Å². The SMILES string of the molecule is CC(C)CSCCCNC(=O)NC1CCC(=O)NC12CCC2. The lowest BCUT2D eigenvalue weighted by atomic mass is 9.68. The maximum absolute atomic E-state index is 12.0. The molecule has 0 radical (unpaired) electrons. The molecule has 22 heavy (non-hydrogen) atoms. The highest BCUT2D eigenvalue weighted by Crippen LogP contribution is 2.38. The molecule has 1 spiro atoms. The highest BCUT2D eigenvalue weighted by molar-refractivity contribution is 7.99. The van der Waals surface area contributed by atoms with Crippen molar-refractivity contribution >= 4 is 23.7 Å². The Morgan fingerprint density at radius 2 is 2.23 bits per heavy atom. The summed E-state index contributed by atoms with van der Waals surface area (Å²) >= 11 is 1.94.